The van der Waals surface area contributed by atoms with Crippen LogP contribution in [0, 0.1) is 16.0 Å². The zero-order valence-electron chi connectivity index (χ0n) is 14.5. The molecule has 1 aromatic heterocycles. The summed E-state index contributed by atoms with van der Waals surface area (Å²) in [6, 6.07) is 1.73. The molecule has 0 aliphatic carbocycles. The Kier molecular flexibility index (Phi) is 5.10. The van der Waals surface area contributed by atoms with Gasteiger partial charge in [-0.15, -0.1) is 0 Å². The molecule has 1 fully saturated rings. The minimum atomic E-state index is -2.24. The van der Waals surface area contributed by atoms with Crippen LogP contribution >= 0.6 is 0 Å². The summed E-state index contributed by atoms with van der Waals surface area (Å²) in [4.78, 5) is 27.3. The van der Waals surface area contributed by atoms with Crippen molar-refractivity contribution in [1.29, 1.82) is 0 Å². The minimum absolute atomic E-state index is 0.0646. The molecule has 2 heterocycles. The van der Waals surface area contributed by atoms with Gasteiger partial charge in [0, 0.05) is 19.3 Å². The first-order valence-electron chi connectivity index (χ1n) is 8.17. The Labute approximate surface area is 138 Å². The summed E-state index contributed by atoms with van der Waals surface area (Å²) in [6.45, 7) is 9.91. The Hall–Kier alpha value is -1.47. The molecular weight excluding hydrogens is 310 g/mol. The van der Waals surface area contributed by atoms with Crippen LogP contribution in [0.4, 0.5) is 11.4 Å². The van der Waals surface area contributed by atoms with Gasteiger partial charge < -0.3 is 9.70 Å². The lowest BCUT2D eigenvalue weighted by atomic mass is 9.89. The van der Waals surface area contributed by atoms with Crippen LogP contribution in [0.3, 0.4) is 0 Å². The third kappa shape index (κ3) is 4.09. The van der Waals surface area contributed by atoms with Crippen molar-refractivity contribution in [2.45, 2.75) is 51.2 Å². The van der Waals surface area contributed by atoms with Gasteiger partial charge in [0.1, 0.15) is 11.9 Å². The molecule has 1 aliphatic rings. The smallest absolute Gasteiger partial charge is 0.310 e. The van der Waals surface area contributed by atoms with Crippen molar-refractivity contribution in [2.75, 3.05) is 18.0 Å². The molecule has 6 nitrogen and oxygen atoms in total. The Balaban J connectivity index is 2.15. The number of aromatic nitrogens is 1. The first kappa shape index (κ1) is 17.9. The van der Waals surface area contributed by atoms with Crippen molar-refractivity contribution in [3.05, 3.63) is 28.6 Å². The number of piperidine rings is 1. The SMILES string of the molecule is CC(C)(C[C@H]1CCCN(c2ccncc2[N+](=O)[O-])C1)[Si](C)(C)O. The quantitative estimate of drug-likeness (QED) is 0.505. The topological polar surface area (TPSA) is 79.5 Å². The van der Waals surface area contributed by atoms with E-state index in [-0.39, 0.29) is 15.6 Å². The number of hydrogen-bond donors (Lipinski definition) is 1. The molecule has 0 saturated carbocycles. The maximum atomic E-state index is 11.2. The van der Waals surface area contributed by atoms with Gasteiger partial charge in [-0.05, 0) is 49.4 Å². The molecule has 1 aliphatic heterocycles. The highest BCUT2D eigenvalue weighted by atomic mass is 28.4. The van der Waals surface area contributed by atoms with E-state index in [2.05, 4.69) is 23.7 Å². The molecule has 0 amide bonds. The van der Waals surface area contributed by atoms with Gasteiger partial charge in [-0.25, -0.2) is 0 Å². The molecule has 128 valence electrons. The van der Waals surface area contributed by atoms with Crippen molar-refractivity contribution < 1.29 is 9.72 Å². The lowest BCUT2D eigenvalue weighted by molar-refractivity contribution is -0.384. The minimum Gasteiger partial charge on any atom is -0.432 e. The first-order valence-corrected chi connectivity index (χ1v) is 11.1. The van der Waals surface area contributed by atoms with Crippen LogP contribution in [0.2, 0.25) is 18.1 Å². The van der Waals surface area contributed by atoms with Crippen LogP contribution in [0.5, 0.6) is 0 Å². The van der Waals surface area contributed by atoms with Gasteiger partial charge in [0.2, 0.25) is 0 Å². The predicted octanol–water partition coefficient (Wildman–Crippen LogP) is 3.57. The van der Waals surface area contributed by atoms with Crippen LogP contribution < -0.4 is 4.90 Å². The molecule has 0 spiro atoms. The standard InChI is InChI=1S/C16H27N3O3Si/c1-16(2,23(3,4)22)10-13-6-5-9-18(12-13)14-7-8-17-11-15(14)19(20)21/h7-8,11,13,22H,5-6,9-10,12H2,1-4H3/t13-/m1/s1. The van der Waals surface area contributed by atoms with E-state index in [9.17, 15) is 14.9 Å². The molecule has 1 saturated heterocycles. The predicted molar refractivity (Wildman–Crippen MR) is 94.2 cm³/mol. The summed E-state index contributed by atoms with van der Waals surface area (Å²) < 4.78 is 0. The number of hydrogen-bond acceptors (Lipinski definition) is 5. The zero-order valence-corrected chi connectivity index (χ0v) is 15.5. The van der Waals surface area contributed by atoms with E-state index < -0.39 is 8.32 Å². The highest BCUT2D eigenvalue weighted by Crippen LogP contribution is 2.44. The second kappa shape index (κ2) is 6.57. The number of nitrogens with zero attached hydrogens (tertiary/aromatic N) is 3. The average molecular weight is 337 g/mol. The zero-order chi connectivity index (χ0) is 17.3. The molecule has 1 aromatic rings. The first-order chi connectivity index (χ1) is 10.6. The summed E-state index contributed by atoms with van der Waals surface area (Å²) in [6.07, 6.45) is 6.03. The van der Waals surface area contributed by atoms with Crippen LogP contribution in [-0.4, -0.2) is 36.1 Å². The van der Waals surface area contributed by atoms with Gasteiger partial charge in [0.15, 0.2) is 8.32 Å². The Bertz CT molecular complexity index is 572. The molecule has 0 bridgehead atoms. The monoisotopic (exact) mass is 337 g/mol. The fraction of sp³-hybridized carbons (Fsp3) is 0.688. The van der Waals surface area contributed by atoms with Gasteiger partial charge in [-0.2, -0.15) is 0 Å². The second-order valence-electron chi connectivity index (χ2n) is 7.72. The molecule has 2 rings (SSSR count). The van der Waals surface area contributed by atoms with Crippen molar-refractivity contribution >= 4 is 19.7 Å². The van der Waals surface area contributed by atoms with E-state index in [0.29, 0.717) is 11.6 Å². The Morgan fingerprint density at radius 1 is 1.52 bits per heavy atom. The highest BCUT2D eigenvalue weighted by Gasteiger charge is 2.40. The summed E-state index contributed by atoms with van der Waals surface area (Å²) in [5.74, 6) is 0.449. The fourth-order valence-corrected chi connectivity index (χ4v) is 4.00. The Morgan fingerprint density at radius 2 is 2.22 bits per heavy atom. The van der Waals surface area contributed by atoms with E-state index in [4.69, 9.17) is 0 Å². The maximum absolute atomic E-state index is 11.2. The third-order valence-corrected chi connectivity index (χ3v) is 8.81. The van der Waals surface area contributed by atoms with Crippen LogP contribution in [0.15, 0.2) is 18.5 Å². The van der Waals surface area contributed by atoms with Crippen molar-refractivity contribution in [1.82, 2.24) is 4.98 Å². The molecule has 7 heteroatoms. The van der Waals surface area contributed by atoms with Crippen molar-refractivity contribution in [3.8, 4) is 0 Å². The number of pyridine rings is 1. The van der Waals surface area contributed by atoms with E-state index in [1.807, 2.05) is 13.1 Å². The van der Waals surface area contributed by atoms with Gasteiger partial charge in [0.25, 0.3) is 0 Å². The highest BCUT2D eigenvalue weighted by molar-refractivity contribution is 6.72. The van der Waals surface area contributed by atoms with E-state index in [1.54, 1.807) is 12.3 Å². The van der Waals surface area contributed by atoms with Crippen molar-refractivity contribution in [2.24, 2.45) is 5.92 Å². The van der Waals surface area contributed by atoms with E-state index in [0.717, 1.165) is 32.4 Å². The Morgan fingerprint density at radius 3 is 2.83 bits per heavy atom. The molecule has 23 heavy (non-hydrogen) atoms. The maximum Gasteiger partial charge on any atom is 0.310 e. The van der Waals surface area contributed by atoms with Crippen LogP contribution in [0.25, 0.3) is 0 Å². The molecule has 1 atom stereocenters. The number of rotatable bonds is 5. The fourth-order valence-electron chi connectivity index (χ4n) is 3.21. The summed E-state index contributed by atoms with van der Waals surface area (Å²) in [5.41, 5.74) is 0.734. The van der Waals surface area contributed by atoms with E-state index in [1.165, 1.54) is 6.20 Å². The van der Waals surface area contributed by atoms with Gasteiger partial charge in [-0.1, -0.05) is 13.8 Å². The summed E-state index contributed by atoms with van der Waals surface area (Å²) in [7, 11) is -2.24. The van der Waals surface area contributed by atoms with Crippen LogP contribution in [0.1, 0.15) is 33.1 Å². The largest absolute Gasteiger partial charge is 0.432 e. The number of nitro groups is 1. The molecule has 0 radical (unpaired) electrons. The van der Waals surface area contributed by atoms with Crippen LogP contribution in [-0.2, 0) is 0 Å². The van der Waals surface area contributed by atoms with E-state index >= 15 is 0 Å². The number of anilines is 1. The van der Waals surface area contributed by atoms with Gasteiger partial charge in [-0.3, -0.25) is 15.1 Å². The normalized spacial score (nSPS) is 19.7. The molecule has 0 unspecified atom stereocenters. The third-order valence-electron chi connectivity index (χ3n) is 5.29. The van der Waals surface area contributed by atoms with Gasteiger partial charge in [0.05, 0.1) is 4.92 Å². The van der Waals surface area contributed by atoms with Crippen molar-refractivity contribution in [3.63, 3.8) is 0 Å². The summed E-state index contributed by atoms with van der Waals surface area (Å²) in [5, 5.41) is 11.2. The molecular formula is C16H27N3O3Si. The summed E-state index contributed by atoms with van der Waals surface area (Å²) >= 11 is 0. The average Bonchev–Trinajstić information content (AvgIpc) is 2.46. The van der Waals surface area contributed by atoms with Gasteiger partial charge >= 0.3 is 5.69 Å². The second-order valence-corrected chi connectivity index (χ2v) is 12.2. The lowest BCUT2D eigenvalue weighted by Gasteiger charge is -2.41. The molecule has 1 N–H and O–H groups in total. The molecule has 0 aromatic carbocycles. The lowest BCUT2D eigenvalue weighted by Crippen LogP contribution is -2.43.